The molecule has 4 rings (SSSR count). The van der Waals surface area contributed by atoms with E-state index in [0.29, 0.717) is 35.0 Å². The van der Waals surface area contributed by atoms with Gasteiger partial charge in [-0.25, -0.2) is 14.4 Å². The Kier molecular flexibility index (Phi) is 13.2. The third-order valence-electron chi connectivity index (χ3n) is 12.9. The molecule has 10 heteroatoms. The molecule has 0 saturated heterocycles. The smallest absolute Gasteiger partial charge is 0.408 e. The van der Waals surface area contributed by atoms with E-state index in [0.717, 1.165) is 38.5 Å². The van der Waals surface area contributed by atoms with Gasteiger partial charge in [0.05, 0.1) is 0 Å². The highest BCUT2D eigenvalue weighted by molar-refractivity contribution is 5.81. The number of allylic oxidation sites excluding steroid dienone is 1. The molecule has 10 atom stereocenters. The van der Waals surface area contributed by atoms with Gasteiger partial charge in [0.2, 0.25) is 0 Å². The average molecular weight is 731 g/mol. The van der Waals surface area contributed by atoms with Crippen molar-refractivity contribution < 1.29 is 38.1 Å². The number of amides is 2. The zero-order valence-corrected chi connectivity index (χ0v) is 34.3. The van der Waals surface area contributed by atoms with Crippen molar-refractivity contribution in [2.75, 3.05) is 6.54 Å². The van der Waals surface area contributed by atoms with E-state index in [2.05, 4.69) is 51.3 Å². The highest BCUT2D eigenvalue weighted by Crippen LogP contribution is 2.67. The Hall–Kier alpha value is -2.78. The van der Waals surface area contributed by atoms with E-state index >= 15 is 0 Å². The van der Waals surface area contributed by atoms with Crippen LogP contribution in [0, 0.1) is 46.3 Å². The van der Waals surface area contributed by atoms with Gasteiger partial charge in [-0.05, 0) is 153 Å². The molecule has 0 bridgehead atoms. The molecule has 2 N–H and O–H groups in total. The van der Waals surface area contributed by atoms with Gasteiger partial charge < -0.3 is 29.6 Å². The zero-order chi connectivity index (χ0) is 38.8. The fourth-order valence-electron chi connectivity index (χ4n) is 10.3. The first-order valence-corrected chi connectivity index (χ1v) is 20.1. The molecule has 0 heterocycles. The van der Waals surface area contributed by atoms with Gasteiger partial charge in [0.1, 0.15) is 36.0 Å². The molecular weight excluding hydrogens is 660 g/mol. The highest BCUT2D eigenvalue weighted by Gasteiger charge is 2.59. The van der Waals surface area contributed by atoms with Gasteiger partial charge in [-0.3, -0.25) is 4.79 Å². The minimum absolute atomic E-state index is 0.129. The highest BCUT2D eigenvalue weighted by atomic mass is 16.6. The van der Waals surface area contributed by atoms with Crippen LogP contribution in [0.2, 0.25) is 0 Å². The van der Waals surface area contributed by atoms with Crippen molar-refractivity contribution in [2.45, 2.75) is 177 Å². The number of carbonyl (C=O) groups is 4. The van der Waals surface area contributed by atoms with E-state index in [4.69, 9.17) is 18.9 Å². The molecule has 3 saturated carbocycles. The first-order chi connectivity index (χ1) is 24.0. The number of hydrogen-bond donors (Lipinski definition) is 2. The first-order valence-electron chi connectivity index (χ1n) is 20.1. The lowest BCUT2D eigenvalue weighted by atomic mass is 9.47. The molecule has 0 radical (unpaired) electrons. The third-order valence-corrected chi connectivity index (χ3v) is 12.9. The molecule has 1 unspecified atom stereocenters. The minimum atomic E-state index is -0.777. The van der Waals surface area contributed by atoms with Gasteiger partial charge in [0.15, 0.2) is 0 Å². The number of carbonyl (C=O) groups excluding carboxylic acids is 4. The Bertz CT molecular complexity index is 1330. The van der Waals surface area contributed by atoms with Crippen LogP contribution in [0.1, 0.15) is 147 Å². The van der Waals surface area contributed by atoms with Crippen molar-refractivity contribution >= 4 is 24.1 Å². The SMILES string of the molecule is CC(C)C(CC[C@@H](C)[C@H]1CC[C@H]2[C@@H]3CC=C4C[C@@H](OC(=O)[C@H](C)NC(=O)OC(C)(C)C)CC[C@]4(C)[C@H]3CC[C@]12C)OC(=O)CNC(=O)OC(C)(C)C. The summed E-state index contributed by atoms with van der Waals surface area (Å²) in [6.45, 7) is 23.8. The number of alkyl carbamates (subject to hydrolysis) is 2. The molecule has 0 aromatic carbocycles. The molecule has 0 aromatic rings. The van der Waals surface area contributed by atoms with Crippen LogP contribution >= 0.6 is 0 Å². The largest absolute Gasteiger partial charge is 0.461 e. The lowest BCUT2D eigenvalue weighted by molar-refractivity contribution is -0.153. The second-order valence-corrected chi connectivity index (χ2v) is 19.3. The second-order valence-electron chi connectivity index (χ2n) is 19.3. The molecule has 2 amide bonds. The Morgan fingerprint density at radius 1 is 0.846 bits per heavy atom. The molecule has 296 valence electrons. The topological polar surface area (TPSA) is 129 Å². The normalized spacial score (nSPS) is 31.8. The van der Waals surface area contributed by atoms with Crippen molar-refractivity contribution in [3.63, 3.8) is 0 Å². The van der Waals surface area contributed by atoms with Gasteiger partial charge in [0, 0.05) is 6.42 Å². The van der Waals surface area contributed by atoms with E-state index in [1.165, 1.54) is 31.3 Å². The summed E-state index contributed by atoms with van der Waals surface area (Å²) in [7, 11) is 0. The van der Waals surface area contributed by atoms with E-state index < -0.39 is 41.4 Å². The van der Waals surface area contributed by atoms with E-state index in [1.807, 2.05) is 0 Å². The van der Waals surface area contributed by atoms with Crippen LogP contribution in [0.3, 0.4) is 0 Å². The van der Waals surface area contributed by atoms with Crippen molar-refractivity contribution in [3.8, 4) is 0 Å². The fraction of sp³-hybridized carbons (Fsp3) is 0.857. The van der Waals surface area contributed by atoms with E-state index in [9.17, 15) is 19.2 Å². The minimum Gasteiger partial charge on any atom is -0.461 e. The Labute approximate surface area is 313 Å². The van der Waals surface area contributed by atoms with Crippen LogP contribution in [0.25, 0.3) is 0 Å². The van der Waals surface area contributed by atoms with E-state index in [1.54, 1.807) is 48.5 Å². The second kappa shape index (κ2) is 16.3. The molecule has 0 aliphatic heterocycles. The Morgan fingerprint density at radius 2 is 1.50 bits per heavy atom. The molecule has 0 aromatic heterocycles. The molecule has 4 aliphatic rings. The van der Waals surface area contributed by atoms with Crippen LogP contribution in [0.5, 0.6) is 0 Å². The predicted molar refractivity (Wildman–Crippen MR) is 201 cm³/mol. The number of ether oxygens (including phenoxy) is 4. The summed E-state index contributed by atoms with van der Waals surface area (Å²) < 4.78 is 22.4. The summed E-state index contributed by atoms with van der Waals surface area (Å²) in [5, 5.41) is 5.14. The van der Waals surface area contributed by atoms with Crippen molar-refractivity contribution in [1.29, 1.82) is 0 Å². The number of nitrogens with one attached hydrogen (secondary N) is 2. The number of rotatable bonds is 11. The quantitative estimate of drug-likeness (QED) is 0.123. The number of esters is 2. The van der Waals surface area contributed by atoms with Gasteiger partial charge in [-0.15, -0.1) is 0 Å². The van der Waals surface area contributed by atoms with Gasteiger partial charge in [-0.2, -0.15) is 0 Å². The van der Waals surface area contributed by atoms with Crippen LogP contribution in [0.15, 0.2) is 11.6 Å². The summed E-state index contributed by atoms with van der Waals surface area (Å²) in [4.78, 5) is 49.8. The summed E-state index contributed by atoms with van der Waals surface area (Å²) in [5.41, 5.74) is 0.614. The summed E-state index contributed by atoms with van der Waals surface area (Å²) in [6, 6.07) is -0.777. The third kappa shape index (κ3) is 10.2. The first kappa shape index (κ1) is 42.0. The predicted octanol–water partition coefficient (Wildman–Crippen LogP) is 8.90. The molecule has 0 spiro atoms. The lowest BCUT2D eigenvalue weighted by Crippen LogP contribution is -2.51. The van der Waals surface area contributed by atoms with Gasteiger partial charge in [-0.1, -0.05) is 46.3 Å². The van der Waals surface area contributed by atoms with Crippen molar-refractivity contribution in [3.05, 3.63) is 11.6 Å². The molecular formula is C42H70N2O8. The van der Waals surface area contributed by atoms with Gasteiger partial charge in [0.25, 0.3) is 0 Å². The van der Waals surface area contributed by atoms with Gasteiger partial charge >= 0.3 is 24.1 Å². The van der Waals surface area contributed by atoms with Crippen LogP contribution in [-0.2, 0) is 28.5 Å². The zero-order valence-electron chi connectivity index (χ0n) is 34.3. The summed E-state index contributed by atoms with van der Waals surface area (Å²) in [5.74, 6) is 2.50. The number of fused-ring (bicyclic) bond motifs is 5. The average Bonchev–Trinajstić information content (AvgIpc) is 3.37. The molecule has 4 aliphatic carbocycles. The fourth-order valence-corrected chi connectivity index (χ4v) is 10.3. The summed E-state index contributed by atoms with van der Waals surface area (Å²) >= 11 is 0. The molecule has 10 nitrogen and oxygen atoms in total. The van der Waals surface area contributed by atoms with Crippen molar-refractivity contribution in [1.82, 2.24) is 10.6 Å². The Morgan fingerprint density at radius 3 is 2.13 bits per heavy atom. The summed E-state index contributed by atoms with van der Waals surface area (Å²) in [6.07, 6.45) is 11.4. The molecule has 52 heavy (non-hydrogen) atoms. The standard InChI is InChI=1S/C42H70N2O8/c1-25(2)34(50-35(45)24-43-37(47)51-39(5,6)7)18-13-26(3)31-16-17-32-30-15-14-28-23-29(19-21-41(28,11)33(30)20-22-42(31,32)12)49-36(46)27(4)44-38(48)52-40(8,9)10/h14,25-27,29-34H,13,15-24H2,1-12H3,(H,43,47)(H,44,48)/t26-,27+,29+,30+,31-,32+,33+,34?,41+,42-/m1/s1. The van der Waals surface area contributed by atoms with Crippen LogP contribution < -0.4 is 10.6 Å². The maximum Gasteiger partial charge on any atom is 0.408 e. The lowest BCUT2D eigenvalue weighted by Gasteiger charge is -2.58. The van der Waals surface area contributed by atoms with Crippen LogP contribution in [0.4, 0.5) is 9.59 Å². The Balaban J connectivity index is 1.31. The maximum atomic E-state index is 12.9. The maximum absolute atomic E-state index is 12.9. The van der Waals surface area contributed by atoms with E-state index in [-0.39, 0.29) is 30.1 Å². The molecule has 3 fully saturated rings. The monoisotopic (exact) mass is 731 g/mol. The van der Waals surface area contributed by atoms with Crippen molar-refractivity contribution in [2.24, 2.45) is 46.3 Å². The number of hydrogen-bond acceptors (Lipinski definition) is 8. The van der Waals surface area contributed by atoms with Crippen LogP contribution in [-0.4, -0.2) is 60.1 Å².